The lowest BCUT2D eigenvalue weighted by molar-refractivity contribution is -0.136. The van der Waals surface area contributed by atoms with E-state index in [-0.39, 0.29) is 6.42 Å². The average molecular weight is 275 g/mol. The van der Waals surface area contributed by atoms with Crippen LogP contribution in [0.1, 0.15) is 31.8 Å². The van der Waals surface area contributed by atoms with Gasteiger partial charge in [-0.25, -0.2) is 4.98 Å². The predicted molar refractivity (Wildman–Crippen MR) is 60.8 cm³/mol. The molecule has 0 radical (unpaired) electrons. The number of aromatic nitrogens is 2. The van der Waals surface area contributed by atoms with E-state index in [2.05, 4.69) is 39.7 Å². The third kappa shape index (κ3) is 4.03. The third-order valence-electron chi connectivity index (χ3n) is 1.97. The van der Waals surface area contributed by atoms with Gasteiger partial charge in [0.25, 0.3) is 0 Å². The van der Waals surface area contributed by atoms with E-state index in [1.54, 1.807) is 0 Å². The van der Waals surface area contributed by atoms with Crippen molar-refractivity contribution >= 4 is 21.9 Å². The standard InChI is InChI=1S/C10H15BrN2O2/c1-6(2)5-8-12-7(10(11)13-8)3-4-9(14)15/h6H,3-5H2,1-2H3,(H,12,13)(H,14,15). The molecule has 2 N–H and O–H groups in total. The van der Waals surface area contributed by atoms with Crippen molar-refractivity contribution in [2.75, 3.05) is 0 Å². The molecule has 0 amide bonds. The molecule has 1 heterocycles. The summed E-state index contributed by atoms with van der Waals surface area (Å²) in [6.07, 6.45) is 1.49. The van der Waals surface area contributed by atoms with Crippen LogP contribution in [0.15, 0.2) is 4.60 Å². The summed E-state index contributed by atoms with van der Waals surface area (Å²) in [5.41, 5.74) is 0.869. The highest BCUT2D eigenvalue weighted by Crippen LogP contribution is 2.17. The fourth-order valence-corrected chi connectivity index (χ4v) is 1.83. The number of halogens is 1. The summed E-state index contributed by atoms with van der Waals surface area (Å²) in [5.74, 6) is 0.662. The second-order valence-electron chi connectivity index (χ2n) is 3.94. The SMILES string of the molecule is CC(C)Cc1nc(Br)c(CCC(=O)O)[nH]1. The van der Waals surface area contributed by atoms with Crippen molar-refractivity contribution in [1.82, 2.24) is 9.97 Å². The van der Waals surface area contributed by atoms with Crippen molar-refractivity contribution in [2.45, 2.75) is 33.1 Å². The first-order valence-corrected chi connectivity index (χ1v) is 5.73. The normalized spacial score (nSPS) is 10.9. The Kier molecular flexibility index (Phi) is 4.32. The highest BCUT2D eigenvalue weighted by atomic mass is 79.9. The van der Waals surface area contributed by atoms with Gasteiger partial charge < -0.3 is 10.1 Å². The minimum atomic E-state index is -0.790. The van der Waals surface area contributed by atoms with Gasteiger partial charge in [0.1, 0.15) is 10.4 Å². The van der Waals surface area contributed by atoms with Crippen molar-refractivity contribution in [3.63, 3.8) is 0 Å². The zero-order chi connectivity index (χ0) is 11.4. The molecule has 0 saturated heterocycles. The number of aliphatic carboxylic acids is 1. The van der Waals surface area contributed by atoms with Gasteiger partial charge in [0.2, 0.25) is 0 Å². The summed E-state index contributed by atoms with van der Waals surface area (Å²) < 4.78 is 0.736. The van der Waals surface area contributed by atoms with Crippen molar-refractivity contribution in [3.8, 4) is 0 Å². The van der Waals surface area contributed by atoms with Gasteiger partial charge in [0.05, 0.1) is 6.42 Å². The van der Waals surface area contributed by atoms with Gasteiger partial charge in [0, 0.05) is 18.5 Å². The van der Waals surface area contributed by atoms with Gasteiger partial charge in [-0.2, -0.15) is 0 Å². The molecule has 1 aromatic rings. The van der Waals surface area contributed by atoms with Gasteiger partial charge >= 0.3 is 5.97 Å². The first kappa shape index (κ1) is 12.2. The molecule has 15 heavy (non-hydrogen) atoms. The molecule has 0 aromatic carbocycles. The Bertz CT molecular complexity index is 347. The minimum Gasteiger partial charge on any atom is -0.481 e. The molecular formula is C10H15BrN2O2. The van der Waals surface area contributed by atoms with Gasteiger partial charge in [-0.3, -0.25) is 4.79 Å². The van der Waals surface area contributed by atoms with E-state index in [4.69, 9.17) is 5.11 Å². The van der Waals surface area contributed by atoms with E-state index in [1.165, 1.54) is 0 Å². The molecule has 0 aliphatic rings. The van der Waals surface area contributed by atoms with Crippen molar-refractivity contribution in [2.24, 2.45) is 5.92 Å². The predicted octanol–water partition coefficient (Wildman–Crippen LogP) is 2.39. The van der Waals surface area contributed by atoms with Crippen LogP contribution in [0.25, 0.3) is 0 Å². The number of hydrogen-bond acceptors (Lipinski definition) is 2. The number of nitrogens with one attached hydrogen (secondary N) is 1. The van der Waals surface area contributed by atoms with E-state index < -0.39 is 5.97 Å². The molecule has 0 bridgehead atoms. The minimum absolute atomic E-state index is 0.127. The lowest BCUT2D eigenvalue weighted by atomic mass is 10.1. The summed E-state index contributed by atoms with van der Waals surface area (Å²) in [4.78, 5) is 17.9. The number of rotatable bonds is 5. The monoisotopic (exact) mass is 274 g/mol. The molecule has 84 valence electrons. The van der Waals surface area contributed by atoms with Crippen molar-refractivity contribution in [1.29, 1.82) is 0 Å². The maximum absolute atomic E-state index is 10.4. The van der Waals surface area contributed by atoms with Crippen LogP contribution in [0, 0.1) is 5.92 Å². The zero-order valence-electron chi connectivity index (χ0n) is 8.88. The van der Waals surface area contributed by atoms with Crippen LogP contribution in [-0.2, 0) is 17.6 Å². The number of imidazole rings is 1. The van der Waals surface area contributed by atoms with Crippen LogP contribution in [0.5, 0.6) is 0 Å². The molecular weight excluding hydrogens is 260 g/mol. The summed E-state index contributed by atoms with van der Waals surface area (Å²) in [6.45, 7) is 4.24. The molecule has 0 unspecified atom stereocenters. The average Bonchev–Trinajstić information content (AvgIpc) is 2.41. The number of aryl methyl sites for hydroxylation is 1. The Morgan fingerprint density at radius 1 is 1.60 bits per heavy atom. The molecule has 0 atom stereocenters. The highest BCUT2D eigenvalue weighted by molar-refractivity contribution is 9.10. The fourth-order valence-electron chi connectivity index (χ4n) is 1.32. The van der Waals surface area contributed by atoms with Gasteiger partial charge in [0.15, 0.2) is 0 Å². The lowest BCUT2D eigenvalue weighted by Crippen LogP contribution is -1.99. The van der Waals surface area contributed by atoms with Crippen molar-refractivity contribution < 1.29 is 9.90 Å². The van der Waals surface area contributed by atoms with Gasteiger partial charge in [-0.15, -0.1) is 0 Å². The molecule has 0 fully saturated rings. The Morgan fingerprint density at radius 2 is 2.27 bits per heavy atom. The smallest absolute Gasteiger partial charge is 0.303 e. The number of nitrogens with zero attached hydrogens (tertiary/aromatic N) is 1. The number of aromatic amines is 1. The van der Waals surface area contributed by atoms with E-state index in [0.717, 1.165) is 22.5 Å². The summed E-state index contributed by atoms with van der Waals surface area (Å²) >= 11 is 3.32. The van der Waals surface area contributed by atoms with Crippen LogP contribution < -0.4 is 0 Å². The van der Waals surface area contributed by atoms with Crippen LogP contribution in [0.3, 0.4) is 0 Å². The van der Waals surface area contributed by atoms with Crippen molar-refractivity contribution in [3.05, 3.63) is 16.1 Å². The summed E-state index contributed by atoms with van der Waals surface area (Å²) in [7, 11) is 0. The first-order chi connectivity index (χ1) is 6.99. The fraction of sp³-hybridized carbons (Fsp3) is 0.600. The van der Waals surface area contributed by atoms with E-state index >= 15 is 0 Å². The number of H-pyrrole nitrogens is 1. The zero-order valence-corrected chi connectivity index (χ0v) is 10.5. The number of carbonyl (C=O) groups is 1. The molecule has 1 aromatic heterocycles. The summed E-state index contributed by atoms with van der Waals surface area (Å²) in [5, 5.41) is 8.57. The molecule has 5 heteroatoms. The maximum atomic E-state index is 10.4. The second-order valence-corrected chi connectivity index (χ2v) is 4.70. The van der Waals surface area contributed by atoms with Crippen LogP contribution in [0.2, 0.25) is 0 Å². The van der Waals surface area contributed by atoms with Crippen LogP contribution in [0.4, 0.5) is 0 Å². The van der Waals surface area contributed by atoms with Crippen LogP contribution >= 0.6 is 15.9 Å². The molecule has 0 aliphatic heterocycles. The molecule has 4 nitrogen and oxygen atoms in total. The van der Waals surface area contributed by atoms with E-state index in [0.29, 0.717) is 12.3 Å². The number of carboxylic acid groups (broad SMARTS) is 1. The molecule has 1 rings (SSSR count). The first-order valence-electron chi connectivity index (χ1n) is 4.94. The topological polar surface area (TPSA) is 66.0 Å². The second kappa shape index (κ2) is 5.30. The Labute approximate surface area is 97.2 Å². The Hall–Kier alpha value is -0.840. The maximum Gasteiger partial charge on any atom is 0.303 e. The molecule has 0 aliphatic carbocycles. The third-order valence-corrected chi connectivity index (χ3v) is 2.62. The van der Waals surface area contributed by atoms with E-state index in [1.807, 2.05) is 0 Å². The Morgan fingerprint density at radius 3 is 2.80 bits per heavy atom. The molecule has 0 saturated carbocycles. The Balaban J connectivity index is 2.64. The van der Waals surface area contributed by atoms with Crippen LogP contribution in [-0.4, -0.2) is 21.0 Å². The van der Waals surface area contributed by atoms with E-state index in [9.17, 15) is 4.79 Å². The van der Waals surface area contributed by atoms with Gasteiger partial charge in [-0.05, 0) is 21.8 Å². The summed E-state index contributed by atoms with van der Waals surface area (Å²) in [6, 6.07) is 0. The largest absolute Gasteiger partial charge is 0.481 e. The number of hydrogen-bond donors (Lipinski definition) is 2. The van der Waals surface area contributed by atoms with Gasteiger partial charge in [-0.1, -0.05) is 13.8 Å². The molecule has 0 spiro atoms. The quantitative estimate of drug-likeness (QED) is 0.867. The number of carboxylic acids is 1. The lowest BCUT2D eigenvalue weighted by Gasteiger charge is -1.99. The highest BCUT2D eigenvalue weighted by Gasteiger charge is 2.10.